The molecular weight excluding hydrogens is 234 g/mol. The van der Waals surface area contributed by atoms with Crippen LogP contribution in [-0.2, 0) is 0 Å². The van der Waals surface area contributed by atoms with Crippen LogP contribution >= 0.6 is 0 Å². The summed E-state index contributed by atoms with van der Waals surface area (Å²) in [4.78, 5) is 5.33. The van der Waals surface area contributed by atoms with Crippen LogP contribution in [0.3, 0.4) is 0 Å². The Morgan fingerprint density at radius 1 is 1.11 bits per heavy atom. The number of piperidine rings is 1. The topological polar surface area (TPSA) is 18.5 Å². The highest BCUT2D eigenvalue weighted by molar-refractivity contribution is 4.89. The van der Waals surface area contributed by atoms with Gasteiger partial charge in [-0.25, -0.2) is 0 Å². The molecule has 0 spiro atoms. The zero-order valence-corrected chi connectivity index (χ0v) is 13.2. The third kappa shape index (κ3) is 4.44. The Hall–Kier alpha value is -0.120. The second kappa shape index (κ2) is 7.05. The van der Waals surface area contributed by atoms with Crippen LogP contribution in [0.15, 0.2) is 0 Å². The Kier molecular flexibility index (Phi) is 5.67. The predicted octanol–water partition coefficient (Wildman–Crippen LogP) is 2.18. The van der Waals surface area contributed by atoms with Crippen molar-refractivity contribution >= 4 is 0 Å². The van der Waals surface area contributed by atoms with E-state index < -0.39 is 0 Å². The van der Waals surface area contributed by atoms with Crippen LogP contribution in [0.5, 0.6) is 0 Å². The van der Waals surface area contributed by atoms with Crippen LogP contribution < -0.4 is 5.32 Å². The minimum absolute atomic E-state index is 0.334. The van der Waals surface area contributed by atoms with Crippen molar-refractivity contribution in [3.8, 4) is 0 Å². The molecule has 2 aliphatic rings. The molecule has 1 unspecified atom stereocenters. The minimum Gasteiger partial charge on any atom is -0.310 e. The molecule has 1 N–H and O–H groups in total. The highest BCUT2D eigenvalue weighted by atomic mass is 15.2. The molecule has 2 rings (SSSR count). The zero-order chi connectivity index (χ0) is 13.7. The van der Waals surface area contributed by atoms with E-state index in [1.807, 2.05) is 0 Å². The minimum atomic E-state index is 0.334. The number of nitrogens with one attached hydrogen (secondary N) is 1. The molecule has 3 nitrogen and oxygen atoms in total. The van der Waals surface area contributed by atoms with Gasteiger partial charge in [0.15, 0.2) is 0 Å². The van der Waals surface area contributed by atoms with Gasteiger partial charge in [-0.1, -0.05) is 13.8 Å². The van der Waals surface area contributed by atoms with Gasteiger partial charge in [0, 0.05) is 18.6 Å². The summed E-state index contributed by atoms with van der Waals surface area (Å²) in [7, 11) is 0. The van der Waals surface area contributed by atoms with Gasteiger partial charge in [0.05, 0.1) is 0 Å². The van der Waals surface area contributed by atoms with Gasteiger partial charge >= 0.3 is 0 Å². The maximum atomic E-state index is 3.74. The Labute approximate surface area is 119 Å². The lowest BCUT2D eigenvalue weighted by atomic mass is 9.94. The number of likely N-dealkylation sites (tertiary alicyclic amines) is 1. The Balaban J connectivity index is 1.81. The van der Waals surface area contributed by atoms with Crippen molar-refractivity contribution in [2.24, 2.45) is 5.92 Å². The molecule has 2 saturated heterocycles. The quantitative estimate of drug-likeness (QED) is 0.842. The first-order chi connectivity index (χ1) is 9.15. The van der Waals surface area contributed by atoms with Crippen LogP contribution in [0, 0.1) is 5.92 Å². The molecule has 0 saturated carbocycles. The van der Waals surface area contributed by atoms with Gasteiger partial charge in [0.2, 0.25) is 0 Å². The SMILES string of the molecule is CCN1CCC(CN2CCCNC(C)(CC)C2)CC1. The van der Waals surface area contributed by atoms with Crippen molar-refractivity contribution in [1.29, 1.82) is 0 Å². The molecule has 0 aromatic carbocycles. The van der Waals surface area contributed by atoms with Gasteiger partial charge in [0.25, 0.3) is 0 Å². The van der Waals surface area contributed by atoms with Crippen LogP contribution in [0.4, 0.5) is 0 Å². The Morgan fingerprint density at radius 3 is 2.47 bits per heavy atom. The van der Waals surface area contributed by atoms with Crippen LogP contribution in [0.1, 0.15) is 46.5 Å². The molecule has 0 bridgehead atoms. The molecule has 112 valence electrons. The maximum absolute atomic E-state index is 3.74. The van der Waals surface area contributed by atoms with Crippen LogP contribution in [-0.4, -0.2) is 61.2 Å². The molecule has 0 aromatic heterocycles. The molecule has 0 amide bonds. The summed E-state index contributed by atoms with van der Waals surface area (Å²) in [6.45, 7) is 15.9. The normalized spacial score (nSPS) is 32.4. The lowest BCUT2D eigenvalue weighted by Crippen LogP contribution is -2.49. The second-order valence-corrected chi connectivity index (χ2v) is 6.81. The molecule has 3 heteroatoms. The lowest BCUT2D eigenvalue weighted by molar-refractivity contribution is 0.134. The van der Waals surface area contributed by atoms with Gasteiger partial charge < -0.3 is 15.1 Å². The molecular formula is C16H33N3. The van der Waals surface area contributed by atoms with Crippen molar-refractivity contribution in [3.63, 3.8) is 0 Å². The van der Waals surface area contributed by atoms with E-state index in [-0.39, 0.29) is 0 Å². The van der Waals surface area contributed by atoms with E-state index in [2.05, 4.69) is 35.9 Å². The molecule has 0 radical (unpaired) electrons. The van der Waals surface area contributed by atoms with Crippen LogP contribution in [0.25, 0.3) is 0 Å². The van der Waals surface area contributed by atoms with Gasteiger partial charge in [-0.15, -0.1) is 0 Å². The first-order valence-corrected chi connectivity index (χ1v) is 8.35. The summed E-state index contributed by atoms with van der Waals surface area (Å²) in [5.41, 5.74) is 0.334. The first kappa shape index (κ1) is 15.3. The highest BCUT2D eigenvalue weighted by Gasteiger charge is 2.29. The number of hydrogen-bond donors (Lipinski definition) is 1. The molecule has 0 aromatic rings. The average Bonchev–Trinajstić information content (AvgIpc) is 2.62. The second-order valence-electron chi connectivity index (χ2n) is 6.81. The Morgan fingerprint density at radius 2 is 1.84 bits per heavy atom. The lowest BCUT2D eigenvalue weighted by Gasteiger charge is -2.37. The number of nitrogens with zero attached hydrogens (tertiary/aromatic N) is 2. The summed E-state index contributed by atoms with van der Waals surface area (Å²) >= 11 is 0. The standard InChI is InChI=1S/C16H33N3/c1-4-16(3)14-19(10-6-9-17-16)13-15-7-11-18(5-2)12-8-15/h15,17H,4-14H2,1-3H3. The van der Waals surface area contributed by atoms with Gasteiger partial charge in [0.1, 0.15) is 0 Å². The summed E-state index contributed by atoms with van der Waals surface area (Å²) < 4.78 is 0. The van der Waals surface area contributed by atoms with Gasteiger partial charge in [-0.2, -0.15) is 0 Å². The van der Waals surface area contributed by atoms with Crippen molar-refractivity contribution in [1.82, 2.24) is 15.1 Å². The summed E-state index contributed by atoms with van der Waals surface area (Å²) in [6.07, 6.45) is 5.35. The van der Waals surface area contributed by atoms with Crippen molar-refractivity contribution in [3.05, 3.63) is 0 Å². The molecule has 0 aliphatic carbocycles. The third-order valence-electron chi connectivity index (χ3n) is 5.23. The largest absolute Gasteiger partial charge is 0.310 e. The molecule has 1 atom stereocenters. The van der Waals surface area contributed by atoms with E-state index in [0.29, 0.717) is 5.54 Å². The summed E-state index contributed by atoms with van der Waals surface area (Å²) in [6, 6.07) is 0. The average molecular weight is 267 g/mol. The van der Waals surface area contributed by atoms with Crippen LogP contribution in [0.2, 0.25) is 0 Å². The summed E-state index contributed by atoms with van der Waals surface area (Å²) in [5, 5.41) is 3.74. The van der Waals surface area contributed by atoms with E-state index >= 15 is 0 Å². The van der Waals surface area contributed by atoms with Crippen molar-refractivity contribution in [2.45, 2.75) is 52.0 Å². The van der Waals surface area contributed by atoms with Gasteiger partial charge in [-0.3, -0.25) is 0 Å². The monoisotopic (exact) mass is 267 g/mol. The molecule has 2 fully saturated rings. The smallest absolute Gasteiger partial charge is 0.0277 e. The molecule has 2 aliphatic heterocycles. The van der Waals surface area contributed by atoms with E-state index in [0.717, 1.165) is 5.92 Å². The van der Waals surface area contributed by atoms with E-state index in [4.69, 9.17) is 0 Å². The molecule has 19 heavy (non-hydrogen) atoms. The van der Waals surface area contributed by atoms with E-state index in [9.17, 15) is 0 Å². The highest BCUT2D eigenvalue weighted by Crippen LogP contribution is 2.21. The van der Waals surface area contributed by atoms with E-state index in [1.165, 1.54) is 71.5 Å². The maximum Gasteiger partial charge on any atom is 0.0277 e. The number of rotatable bonds is 4. The van der Waals surface area contributed by atoms with Crippen molar-refractivity contribution < 1.29 is 0 Å². The predicted molar refractivity (Wildman–Crippen MR) is 82.6 cm³/mol. The zero-order valence-electron chi connectivity index (χ0n) is 13.2. The molecule has 2 heterocycles. The van der Waals surface area contributed by atoms with Gasteiger partial charge in [-0.05, 0) is 71.2 Å². The first-order valence-electron chi connectivity index (χ1n) is 8.35. The fraction of sp³-hybridized carbons (Fsp3) is 1.00. The number of hydrogen-bond acceptors (Lipinski definition) is 3. The van der Waals surface area contributed by atoms with Crippen molar-refractivity contribution in [2.75, 3.05) is 45.8 Å². The third-order valence-corrected chi connectivity index (χ3v) is 5.23. The fourth-order valence-corrected chi connectivity index (χ4v) is 3.56. The van der Waals surface area contributed by atoms with E-state index in [1.54, 1.807) is 0 Å². The Bertz CT molecular complexity index is 261. The fourth-order valence-electron chi connectivity index (χ4n) is 3.56. The summed E-state index contributed by atoms with van der Waals surface area (Å²) in [5.74, 6) is 0.932.